The molecule has 3 aromatic rings. The Balaban J connectivity index is 1.79. The second kappa shape index (κ2) is 11.0. The SMILES string of the molecule is C#Cc1cccc([C@H](Cc2ccc(Cl)cc2)[C@H](C)NC(=O)C(C)(C)Oc2ccc(C(F)(F)F)cn2)c1. The fourth-order valence-corrected chi connectivity index (χ4v) is 3.84. The van der Waals surface area contributed by atoms with Crippen molar-refractivity contribution in [2.24, 2.45) is 0 Å². The van der Waals surface area contributed by atoms with Crippen LogP contribution in [-0.2, 0) is 17.4 Å². The van der Waals surface area contributed by atoms with Gasteiger partial charge in [0.2, 0.25) is 5.88 Å². The highest BCUT2D eigenvalue weighted by Crippen LogP contribution is 2.30. The number of aromatic nitrogens is 1. The normalized spacial score (nSPS) is 13.4. The van der Waals surface area contributed by atoms with E-state index in [9.17, 15) is 18.0 Å². The molecule has 0 saturated heterocycles. The number of nitrogens with one attached hydrogen (secondary N) is 1. The van der Waals surface area contributed by atoms with Crippen LogP contribution in [0, 0.1) is 12.3 Å². The average molecular weight is 515 g/mol. The Morgan fingerprint density at radius 3 is 2.42 bits per heavy atom. The van der Waals surface area contributed by atoms with Crippen molar-refractivity contribution >= 4 is 17.5 Å². The number of hydrogen-bond donors (Lipinski definition) is 1. The van der Waals surface area contributed by atoms with E-state index in [1.165, 1.54) is 13.8 Å². The molecule has 3 rings (SSSR count). The molecule has 0 saturated carbocycles. The van der Waals surface area contributed by atoms with Crippen molar-refractivity contribution in [2.45, 2.75) is 50.9 Å². The molecule has 0 unspecified atom stereocenters. The highest BCUT2D eigenvalue weighted by molar-refractivity contribution is 6.30. The zero-order chi connectivity index (χ0) is 26.5. The van der Waals surface area contributed by atoms with Gasteiger partial charge in [-0.1, -0.05) is 41.8 Å². The molecule has 2 atom stereocenters. The molecular formula is C28H26ClF3N2O2. The fraction of sp³-hybridized carbons (Fsp3) is 0.286. The summed E-state index contributed by atoms with van der Waals surface area (Å²) in [6, 6.07) is 16.7. The molecule has 0 aliphatic heterocycles. The molecule has 1 heterocycles. The topological polar surface area (TPSA) is 51.2 Å². The number of carbonyl (C=O) groups excluding carboxylic acids is 1. The molecule has 2 aromatic carbocycles. The van der Waals surface area contributed by atoms with Gasteiger partial charge in [0.05, 0.1) is 5.56 Å². The number of hydrogen-bond acceptors (Lipinski definition) is 3. The van der Waals surface area contributed by atoms with Gasteiger partial charge in [0.1, 0.15) is 0 Å². The third kappa shape index (κ3) is 7.02. The van der Waals surface area contributed by atoms with Crippen molar-refractivity contribution in [1.82, 2.24) is 10.3 Å². The van der Waals surface area contributed by atoms with E-state index in [-0.39, 0.29) is 17.8 Å². The quantitative estimate of drug-likeness (QED) is 0.353. The molecule has 1 N–H and O–H groups in total. The Kier molecular flexibility index (Phi) is 8.31. The molecule has 0 aliphatic carbocycles. The molecule has 0 radical (unpaired) electrons. The Labute approximate surface area is 213 Å². The van der Waals surface area contributed by atoms with Crippen LogP contribution in [0.15, 0.2) is 66.9 Å². The number of terminal acetylenes is 1. The first-order valence-corrected chi connectivity index (χ1v) is 11.6. The Morgan fingerprint density at radius 2 is 1.83 bits per heavy atom. The lowest BCUT2D eigenvalue weighted by Gasteiger charge is -2.30. The zero-order valence-electron chi connectivity index (χ0n) is 20.1. The van der Waals surface area contributed by atoms with E-state index in [0.29, 0.717) is 17.6 Å². The van der Waals surface area contributed by atoms with Crippen molar-refractivity contribution in [2.75, 3.05) is 0 Å². The fourth-order valence-electron chi connectivity index (χ4n) is 3.71. The van der Waals surface area contributed by atoms with Crippen LogP contribution in [-0.4, -0.2) is 22.5 Å². The molecule has 36 heavy (non-hydrogen) atoms. The number of carbonyl (C=O) groups is 1. The third-order valence-electron chi connectivity index (χ3n) is 5.78. The van der Waals surface area contributed by atoms with Gasteiger partial charge < -0.3 is 10.1 Å². The first kappa shape index (κ1) is 27.1. The molecule has 0 aliphatic rings. The molecule has 0 spiro atoms. The second-order valence-electron chi connectivity index (χ2n) is 8.96. The summed E-state index contributed by atoms with van der Waals surface area (Å²) in [5, 5.41) is 3.62. The van der Waals surface area contributed by atoms with E-state index in [2.05, 4.69) is 16.2 Å². The van der Waals surface area contributed by atoms with E-state index in [4.69, 9.17) is 22.8 Å². The van der Waals surface area contributed by atoms with Crippen molar-refractivity contribution in [3.63, 3.8) is 0 Å². The van der Waals surface area contributed by atoms with Gasteiger partial charge in [-0.15, -0.1) is 6.42 Å². The number of nitrogens with zero attached hydrogens (tertiary/aromatic N) is 1. The average Bonchev–Trinajstić information content (AvgIpc) is 2.83. The number of ether oxygens (including phenoxy) is 1. The summed E-state index contributed by atoms with van der Waals surface area (Å²) >= 11 is 6.03. The summed E-state index contributed by atoms with van der Waals surface area (Å²) in [6.07, 6.45) is 2.36. The number of benzene rings is 2. The molecule has 0 fully saturated rings. The minimum atomic E-state index is -4.51. The Hall–Kier alpha value is -3.50. The van der Waals surface area contributed by atoms with E-state index >= 15 is 0 Å². The summed E-state index contributed by atoms with van der Waals surface area (Å²) in [5.41, 5.74) is 0.415. The molecule has 0 bridgehead atoms. The van der Waals surface area contributed by atoms with Gasteiger partial charge in [-0.2, -0.15) is 13.2 Å². The Morgan fingerprint density at radius 1 is 1.14 bits per heavy atom. The molecule has 188 valence electrons. The van der Waals surface area contributed by atoms with Crippen molar-refractivity contribution in [3.05, 3.63) is 94.1 Å². The van der Waals surface area contributed by atoms with Crippen LogP contribution in [0.3, 0.4) is 0 Å². The van der Waals surface area contributed by atoms with Crippen LogP contribution < -0.4 is 10.1 Å². The minimum absolute atomic E-state index is 0.0877. The molecule has 4 nitrogen and oxygen atoms in total. The van der Waals surface area contributed by atoms with Crippen molar-refractivity contribution < 1.29 is 22.7 Å². The summed E-state index contributed by atoms with van der Waals surface area (Å²) in [6.45, 7) is 4.94. The van der Waals surface area contributed by atoms with Crippen molar-refractivity contribution in [1.29, 1.82) is 0 Å². The van der Waals surface area contributed by atoms with E-state index < -0.39 is 23.2 Å². The van der Waals surface area contributed by atoms with Crippen LogP contribution in [0.2, 0.25) is 5.02 Å². The lowest BCUT2D eigenvalue weighted by Crippen LogP contribution is -2.51. The van der Waals surface area contributed by atoms with Crippen LogP contribution >= 0.6 is 11.6 Å². The molecule has 1 aromatic heterocycles. The summed E-state index contributed by atoms with van der Waals surface area (Å²) < 4.78 is 44.1. The first-order chi connectivity index (χ1) is 16.9. The summed E-state index contributed by atoms with van der Waals surface area (Å²) in [7, 11) is 0. The molecular weight excluding hydrogens is 489 g/mol. The van der Waals surface area contributed by atoms with Gasteiger partial charge in [0.25, 0.3) is 5.91 Å². The summed E-state index contributed by atoms with van der Waals surface area (Å²) in [4.78, 5) is 16.9. The number of halogens is 4. The number of pyridine rings is 1. The zero-order valence-corrected chi connectivity index (χ0v) is 20.8. The maximum Gasteiger partial charge on any atom is 0.417 e. The first-order valence-electron chi connectivity index (χ1n) is 11.2. The van der Waals surface area contributed by atoms with Gasteiger partial charge in [-0.3, -0.25) is 4.79 Å². The maximum atomic E-state index is 13.2. The van der Waals surface area contributed by atoms with Crippen LogP contribution in [0.25, 0.3) is 0 Å². The highest BCUT2D eigenvalue weighted by Gasteiger charge is 2.34. The van der Waals surface area contributed by atoms with Gasteiger partial charge in [0.15, 0.2) is 5.60 Å². The maximum absolute atomic E-state index is 13.2. The minimum Gasteiger partial charge on any atom is -0.462 e. The highest BCUT2D eigenvalue weighted by atomic mass is 35.5. The lowest BCUT2D eigenvalue weighted by molar-refractivity contribution is -0.138. The van der Waals surface area contributed by atoms with Gasteiger partial charge in [0, 0.05) is 34.8 Å². The predicted octanol–water partition coefficient (Wildman–Crippen LogP) is 6.42. The largest absolute Gasteiger partial charge is 0.462 e. The van der Waals surface area contributed by atoms with Gasteiger partial charge >= 0.3 is 6.18 Å². The van der Waals surface area contributed by atoms with Gasteiger partial charge in [-0.25, -0.2) is 4.98 Å². The molecule has 1 amide bonds. The number of amides is 1. The van der Waals surface area contributed by atoms with E-state index in [0.717, 1.165) is 28.8 Å². The van der Waals surface area contributed by atoms with Crippen molar-refractivity contribution in [3.8, 4) is 18.2 Å². The second-order valence-corrected chi connectivity index (χ2v) is 9.40. The van der Waals surface area contributed by atoms with Crippen LogP contribution in [0.1, 0.15) is 48.9 Å². The van der Waals surface area contributed by atoms with E-state index in [1.54, 1.807) is 0 Å². The lowest BCUT2D eigenvalue weighted by atomic mass is 9.85. The number of alkyl halides is 3. The standard InChI is InChI=1S/C28H26ClF3N2O2/c1-5-19-7-6-8-21(15-19)24(16-20-9-12-23(29)13-10-20)18(2)34-26(35)27(3,4)36-25-14-11-22(17-33-25)28(30,31)32/h1,6-15,17-18,24H,16H2,2-4H3,(H,34,35)/t18-,24+/m0/s1. The van der Waals surface area contributed by atoms with Crippen LogP contribution in [0.5, 0.6) is 5.88 Å². The molecule has 8 heteroatoms. The predicted molar refractivity (Wildman–Crippen MR) is 134 cm³/mol. The van der Waals surface area contributed by atoms with E-state index in [1.807, 2.05) is 55.5 Å². The number of rotatable bonds is 8. The third-order valence-corrected chi connectivity index (χ3v) is 6.03. The Bertz CT molecular complexity index is 1230. The smallest absolute Gasteiger partial charge is 0.417 e. The van der Waals surface area contributed by atoms with Crippen LogP contribution in [0.4, 0.5) is 13.2 Å². The van der Waals surface area contributed by atoms with Gasteiger partial charge in [-0.05, 0) is 68.7 Å². The summed E-state index contributed by atoms with van der Waals surface area (Å²) in [5.74, 6) is 1.97. The monoisotopic (exact) mass is 514 g/mol.